The van der Waals surface area contributed by atoms with Crippen LogP contribution in [0.25, 0.3) is 11.5 Å². The number of carbonyl (C=O) groups is 1. The summed E-state index contributed by atoms with van der Waals surface area (Å²) in [5, 5.41) is 0. The number of likely N-dealkylation sites (tertiary alicyclic amines) is 2. The van der Waals surface area contributed by atoms with E-state index in [9.17, 15) is 4.79 Å². The van der Waals surface area contributed by atoms with Crippen molar-refractivity contribution in [3.8, 4) is 11.5 Å². The van der Waals surface area contributed by atoms with E-state index in [4.69, 9.17) is 9.40 Å². The van der Waals surface area contributed by atoms with E-state index in [1.807, 2.05) is 6.92 Å². The first-order valence-electron chi connectivity index (χ1n) is 15.1. The number of Topliss-reactive ketones (excluding diaryl/α,β-unsaturated/α-hetero) is 1. The zero-order chi connectivity index (χ0) is 27.6. The van der Waals surface area contributed by atoms with Gasteiger partial charge in [-0.15, -0.1) is 0 Å². The fraction of sp³-hybridized carbons (Fsp3) is 0.697. The third kappa shape index (κ3) is 6.59. The Morgan fingerprint density at radius 1 is 0.842 bits per heavy atom. The van der Waals surface area contributed by atoms with Crippen LogP contribution in [0, 0.1) is 59.3 Å². The number of unbranched alkanes of at least 4 members (excludes halogenated alkanes) is 1. The second-order valence-corrected chi connectivity index (χ2v) is 12.7. The molecule has 0 unspecified atom stereocenters. The highest BCUT2D eigenvalue weighted by Gasteiger charge is 2.27. The molecule has 0 radical (unpaired) electrons. The van der Waals surface area contributed by atoms with Crippen LogP contribution < -0.4 is 0 Å². The zero-order valence-electron chi connectivity index (χ0n) is 25.4. The lowest BCUT2D eigenvalue weighted by molar-refractivity contribution is -0.124. The largest absolute Gasteiger partial charge is 0.441 e. The number of piperidine rings is 2. The molecule has 2 aliphatic rings. The number of nitrogens with zero attached hydrogens (tertiary/aromatic N) is 3. The summed E-state index contributed by atoms with van der Waals surface area (Å²) in [6, 6.07) is 0. The highest BCUT2D eigenvalue weighted by molar-refractivity contribution is 5.81. The normalized spacial score (nSPS) is 21.8. The number of oxazole rings is 1. The first-order valence-corrected chi connectivity index (χ1v) is 15.1. The number of rotatable bonds is 9. The van der Waals surface area contributed by atoms with Crippen molar-refractivity contribution < 1.29 is 9.21 Å². The van der Waals surface area contributed by atoms with Crippen molar-refractivity contribution in [1.82, 2.24) is 14.8 Å². The first kappa shape index (κ1) is 29.0. The second kappa shape index (κ2) is 12.5. The predicted octanol–water partition coefficient (Wildman–Crippen LogP) is 7.12. The Morgan fingerprint density at radius 3 is 2.03 bits per heavy atom. The van der Waals surface area contributed by atoms with Crippen molar-refractivity contribution in [3.63, 3.8) is 0 Å². The fourth-order valence-corrected chi connectivity index (χ4v) is 6.94. The maximum absolute atomic E-state index is 12.9. The van der Waals surface area contributed by atoms with Crippen LogP contribution in [0.5, 0.6) is 0 Å². The number of benzene rings is 1. The number of carbonyl (C=O) groups excluding carboxylic acids is 1. The van der Waals surface area contributed by atoms with Crippen LogP contribution in [0.3, 0.4) is 0 Å². The zero-order valence-corrected chi connectivity index (χ0v) is 25.4. The van der Waals surface area contributed by atoms with Gasteiger partial charge in [0.1, 0.15) is 11.5 Å². The van der Waals surface area contributed by atoms with Gasteiger partial charge in [0.05, 0.1) is 5.69 Å². The molecule has 5 nitrogen and oxygen atoms in total. The van der Waals surface area contributed by atoms with Gasteiger partial charge in [0.2, 0.25) is 5.89 Å². The van der Waals surface area contributed by atoms with E-state index < -0.39 is 0 Å². The average molecular weight is 522 g/mol. The molecule has 0 saturated carbocycles. The Balaban J connectivity index is 1.25. The molecule has 2 aliphatic heterocycles. The molecule has 1 aromatic carbocycles. The van der Waals surface area contributed by atoms with Gasteiger partial charge < -0.3 is 9.32 Å². The molecule has 2 fully saturated rings. The van der Waals surface area contributed by atoms with Crippen molar-refractivity contribution in [2.75, 3.05) is 32.7 Å². The van der Waals surface area contributed by atoms with E-state index in [-0.39, 0.29) is 5.92 Å². The molecule has 2 saturated heterocycles. The highest BCUT2D eigenvalue weighted by atomic mass is 16.4. The van der Waals surface area contributed by atoms with Crippen molar-refractivity contribution in [2.24, 2.45) is 17.8 Å². The lowest BCUT2D eigenvalue weighted by Crippen LogP contribution is -2.39. The summed E-state index contributed by atoms with van der Waals surface area (Å²) in [6.07, 6.45) is 6.24. The molecular weight excluding hydrogens is 470 g/mol. The van der Waals surface area contributed by atoms with E-state index >= 15 is 0 Å². The van der Waals surface area contributed by atoms with E-state index in [0.717, 1.165) is 93.0 Å². The minimum absolute atomic E-state index is 0.235. The summed E-state index contributed by atoms with van der Waals surface area (Å²) in [5.74, 6) is 3.99. The molecule has 5 heteroatoms. The first-order chi connectivity index (χ1) is 18.0. The minimum atomic E-state index is 0.235. The molecule has 0 spiro atoms. The van der Waals surface area contributed by atoms with Gasteiger partial charge in [0, 0.05) is 37.5 Å². The maximum atomic E-state index is 12.9. The summed E-state index contributed by atoms with van der Waals surface area (Å²) in [6.45, 7) is 24.0. The average Bonchev–Trinajstić information content (AvgIpc) is 3.23. The summed E-state index contributed by atoms with van der Waals surface area (Å²) in [7, 11) is 0. The lowest BCUT2D eigenvalue weighted by atomic mass is 9.89. The van der Waals surface area contributed by atoms with Gasteiger partial charge in [-0.3, -0.25) is 9.69 Å². The number of ketones is 1. The second-order valence-electron chi connectivity index (χ2n) is 12.7. The molecule has 4 rings (SSSR count). The van der Waals surface area contributed by atoms with Gasteiger partial charge >= 0.3 is 0 Å². The van der Waals surface area contributed by atoms with Crippen LogP contribution in [0.1, 0.15) is 91.6 Å². The smallest absolute Gasteiger partial charge is 0.227 e. The van der Waals surface area contributed by atoms with Crippen LogP contribution in [-0.2, 0) is 11.3 Å². The molecule has 1 aromatic heterocycles. The lowest BCUT2D eigenvalue weighted by Gasteiger charge is -2.35. The molecule has 0 amide bonds. The molecule has 2 atom stereocenters. The standard InChI is InChI=1S/C33H51N3O2/c1-21-17-22(2)19-36(18-21)14-10-9-11-31(37)29-12-15-35(16-13-29)20-30-28(8)38-33(34-30)32-26(6)24(4)23(3)25(5)27(32)7/h21-22,29H,9-20H2,1-8H3/t21-,22+. The highest BCUT2D eigenvalue weighted by Crippen LogP contribution is 2.35. The third-order valence-electron chi connectivity index (χ3n) is 9.61. The molecule has 0 N–H and O–H groups in total. The molecule has 2 aromatic rings. The fourth-order valence-electron chi connectivity index (χ4n) is 6.94. The maximum Gasteiger partial charge on any atom is 0.227 e. The van der Waals surface area contributed by atoms with E-state index in [0.29, 0.717) is 5.78 Å². The van der Waals surface area contributed by atoms with E-state index in [1.54, 1.807) is 0 Å². The number of hydrogen-bond donors (Lipinski definition) is 0. The summed E-state index contributed by atoms with van der Waals surface area (Å²) < 4.78 is 6.23. The molecule has 0 bridgehead atoms. The van der Waals surface area contributed by atoms with Gasteiger partial charge in [-0.2, -0.15) is 0 Å². The van der Waals surface area contributed by atoms with Gasteiger partial charge in [0.15, 0.2) is 0 Å². The predicted molar refractivity (Wildman–Crippen MR) is 157 cm³/mol. The Morgan fingerprint density at radius 2 is 1.42 bits per heavy atom. The monoisotopic (exact) mass is 521 g/mol. The Kier molecular flexibility index (Phi) is 9.52. The quantitative estimate of drug-likeness (QED) is 0.329. The van der Waals surface area contributed by atoms with Crippen LogP contribution in [0.4, 0.5) is 0 Å². The van der Waals surface area contributed by atoms with E-state index in [2.05, 4.69) is 58.3 Å². The number of aryl methyl sites for hydroxylation is 1. The van der Waals surface area contributed by atoms with Gasteiger partial charge in [0.25, 0.3) is 0 Å². The van der Waals surface area contributed by atoms with Gasteiger partial charge in [-0.05, 0) is 133 Å². The minimum Gasteiger partial charge on any atom is -0.441 e. The van der Waals surface area contributed by atoms with Crippen molar-refractivity contribution in [3.05, 3.63) is 39.3 Å². The SMILES string of the molecule is Cc1oc(-c2c(C)c(C)c(C)c(C)c2C)nc1CN1CCC(C(=O)CCCCN2C[C@H](C)C[C@H](C)C2)CC1. The summed E-state index contributed by atoms with van der Waals surface area (Å²) in [4.78, 5) is 23.0. The van der Waals surface area contributed by atoms with Crippen molar-refractivity contribution >= 4 is 5.78 Å². The van der Waals surface area contributed by atoms with Crippen LogP contribution >= 0.6 is 0 Å². The molecule has 38 heavy (non-hydrogen) atoms. The number of aromatic nitrogens is 1. The molecule has 0 aliphatic carbocycles. The summed E-state index contributed by atoms with van der Waals surface area (Å²) in [5.41, 5.74) is 8.70. The van der Waals surface area contributed by atoms with Gasteiger partial charge in [-0.25, -0.2) is 4.98 Å². The molecule has 210 valence electrons. The van der Waals surface area contributed by atoms with Gasteiger partial charge in [-0.1, -0.05) is 13.8 Å². The number of hydrogen-bond acceptors (Lipinski definition) is 5. The Bertz CT molecular complexity index is 1090. The Labute approximate surface area is 231 Å². The van der Waals surface area contributed by atoms with E-state index in [1.165, 1.54) is 47.3 Å². The topological polar surface area (TPSA) is 49.6 Å². The van der Waals surface area contributed by atoms with Crippen LogP contribution in [-0.4, -0.2) is 53.3 Å². The third-order valence-corrected chi connectivity index (χ3v) is 9.61. The Hall–Kier alpha value is -1.98. The summed E-state index contributed by atoms with van der Waals surface area (Å²) >= 11 is 0. The van der Waals surface area contributed by atoms with Crippen LogP contribution in [0.2, 0.25) is 0 Å². The van der Waals surface area contributed by atoms with Crippen LogP contribution in [0.15, 0.2) is 4.42 Å². The molecular formula is C33H51N3O2. The van der Waals surface area contributed by atoms with Crippen molar-refractivity contribution in [2.45, 2.75) is 100 Å². The van der Waals surface area contributed by atoms with Crippen molar-refractivity contribution in [1.29, 1.82) is 0 Å². The molecule has 3 heterocycles.